The molecule has 4 rings (SSSR count). The fourth-order valence-electron chi connectivity index (χ4n) is 4.85. The Kier molecular flexibility index (Phi) is 8.61. The minimum atomic E-state index is -0.429. The van der Waals surface area contributed by atoms with Crippen molar-refractivity contribution >= 4 is 22.7 Å². The SMILES string of the molecule is C=C/N=C(\N=C(/C=C)c1cc(F)c2nc(C)n(C(C)C)c2c1)N/C(C=C)=C/C1=C(C=C)N2CCOCC2CO1. The van der Waals surface area contributed by atoms with Gasteiger partial charge in [-0.2, -0.15) is 0 Å². The van der Waals surface area contributed by atoms with Gasteiger partial charge in [0.25, 0.3) is 0 Å². The van der Waals surface area contributed by atoms with Crippen molar-refractivity contribution in [2.24, 2.45) is 9.98 Å². The molecule has 2 aliphatic rings. The molecule has 1 aromatic carbocycles. The van der Waals surface area contributed by atoms with Crippen molar-refractivity contribution in [3.05, 3.63) is 103 Å². The van der Waals surface area contributed by atoms with E-state index >= 15 is 4.39 Å². The van der Waals surface area contributed by atoms with Gasteiger partial charge in [0, 0.05) is 36.1 Å². The van der Waals surface area contributed by atoms with Crippen LogP contribution in [-0.4, -0.2) is 58.5 Å². The van der Waals surface area contributed by atoms with Crippen LogP contribution < -0.4 is 5.32 Å². The molecule has 0 amide bonds. The minimum absolute atomic E-state index is 0.109. The molecule has 2 aromatic rings. The highest BCUT2D eigenvalue weighted by Gasteiger charge is 2.30. The number of allylic oxidation sites excluding steroid dienone is 4. The Morgan fingerprint density at radius 2 is 2.00 bits per heavy atom. The number of benzene rings is 1. The monoisotopic (exact) mass is 530 g/mol. The summed E-state index contributed by atoms with van der Waals surface area (Å²) in [6.07, 6.45) is 8.18. The van der Waals surface area contributed by atoms with Gasteiger partial charge < -0.3 is 24.3 Å². The third-order valence-electron chi connectivity index (χ3n) is 6.55. The highest BCUT2D eigenvalue weighted by atomic mass is 19.1. The van der Waals surface area contributed by atoms with Crippen LogP contribution in [-0.2, 0) is 9.47 Å². The zero-order valence-corrected chi connectivity index (χ0v) is 22.8. The molecular formula is C30H35FN6O2. The maximum atomic E-state index is 15.1. The molecule has 1 fully saturated rings. The molecule has 1 unspecified atom stereocenters. The van der Waals surface area contributed by atoms with Crippen LogP contribution in [0.3, 0.4) is 0 Å². The Hall–Kier alpha value is -4.24. The Morgan fingerprint density at radius 1 is 1.21 bits per heavy atom. The topological polar surface area (TPSA) is 76.3 Å². The second kappa shape index (κ2) is 12.1. The van der Waals surface area contributed by atoms with Crippen molar-refractivity contribution in [3.8, 4) is 0 Å². The smallest absolute Gasteiger partial charge is 0.227 e. The number of halogens is 1. The number of fused-ring (bicyclic) bond motifs is 2. The van der Waals surface area contributed by atoms with E-state index in [1.165, 1.54) is 12.3 Å². The lowest BCUT2D eigenvalue weighted by Gasteiger charge is -2.41. The molecule has 3 heterocycles. The van der Waals surface area contributed by atoms with E-state index in [2.05, 4.69) is 51.5 Å². The molecule has 0 bridgehead atoms. The second-order valence-electron chi connectivity index (χ2n) is 9.40. The molecule has 0 radical (unpaired) electrons. The normalized spacial score (nSPS) is 18.6. The third-order valence-corrected chi connectivity index (χ3v) is 6.55. The molecule has 0 spiro atoms. The molecule has 2 aliphatic heterocycles. The number of aliphatic imine (C=N–C) groups is 2. The van der Waals surface area contributed by atoms with Crippen LogP contribution >= 0.6 is 0 Å². The minimum Gasteiger partial charge on any atom is -0.489 e. The molecular weight excluding hydrogens is 495 g/mol. The van der Waals surface area contributed by atoms with Gasteiger partial charge in [-0.05, 0) is 51.1 Å². The first-order valence-corrected chi connectivity index (χ1v) is 12.8. The first-order chi connectivity index (χ1) is 18.8. The van der Waals surface area contributed by atoms with Gasteiger partial charge >= 0.3 is 0 Å². The predicted molar refractivity (Wildman–Crippen MR) is 155 cm³/mol. The van der Waals surface area contributed by atoms with Crippen LogP contribution in [0.4, 0.5) is 4.39 Å². The maximum absolute atomic E-state index is 15.1. The molecule has 1 aromatic heterocycles. The number of ether oxygens (including phenoxy) is 2. The van der Waals surface area contributed by atoms with Crippen molar-refractivity contribution < 1.29 is 13.9 Å². The van der Waals surface area contributed by atoms with E-state index in [4.69, 9.17) is 9.47 Å². The van der Waals surface area contributed by atoms with Crippen molar-refractivity contribution in [3.63, 3.8) is 0 Å². The van der Waals surface area contributed by atoms with E-state index in [9.17, 15) is 0 Å². The van der Waals surface area contributed by atoms with Crippen LogP contribution in [0, 0.1) is 12.7 Å². The van der Waals surface area contributed by atoms with Crippen molar-refractivity contribution in [2.45, 2.75) is 32.9 Å². The molecule has 1 atom stereocenters. The number of morpholine rings is 1. The van der Waals surface area contributed by atoms with Gasteiger partial charge in [-0.25, -0.2) is 19.4 Å². The number of nitrogens with one attached hydrogen (secondary N) is 1. The summed E-state index contributed by atoms with van der Waals surface area (Å²) in [7, 11) is 0. The van der Waals surface area contributed by atoms with E-state index in [-0.39, 0.29) is 18.0 Å². The molecule has 8 nitrogen and oxygen atoms in total. The standard InChI is InChI=1S/C30H35FN6O2/c1-8-22(16-28-26(10-3)36-12-13-38-17-23(36)18-39-28)34-30(32-11-4)35-25(9-2)21-14-24(31)29-27(15-21)37(19(5)6)20(7)33-29/h8-11,14-16,19,23H,1-4,12-13,17-18H2,5-7H3,(H,32,34)/b22-16+,35-25+. The van der Waals surface area contributed by atoms with E-state index in [1.54, 1.807) is 18.2 Å². The average molecular weight is 531 g/mol. The Labute approximate surface area is 228 Å². The highest BCUT2D eigenvalue weighted by Crippen LogP contribution is 2.27. The summed E-state index contributed by atoms with van der Waals surface area (Å²) >= 11 is 0. The maximum Gasteiger partial charge on any atom is 0.227 e. The predicted octanol–water partition coefficient (Wildman–Crippen LogP) is 5.33. The van der Waals surface area contributed by atoms with Gasteiger partial charge in [-0.15, -0.1) is 0 Å². The molecule has 39 heavy (non-hydrogen) atoms. The summed E-state index contributed by atoms with van der Waals surface area (Å²) in [6.45, 7) is 24.0. The van der Waals surface area contributed by atoms with E-state index < -0.39 is 5.82 Å². The Balaban J connectivity index is 1.70. The lowest BCUT2D eigenvalue weighted by Crippen LogP contribution is -2.49. The van der Waals surface area contributed by atoms with Gasteiger partial charge in [-0.3, -0.25) is 0 Å². The number of guanidine groups is 1. The molecule has 9 heteroatoms. The highest BCUT2D eigenvalue weighted by molar-refractivity contribution is 6.14. The average Bonchev–Trinajstić information content (AvgIpc) is 3.27. The third kappa shape index (κ3) is 5.78. The molecule has 1 N–H and O–H groups in total. The molecule has 204 valence electrons. The first-order valence-electron chi connectivity index (χ1n) is 12.8. The van der Waals surface area contributed by atoms with Gasteiger partial charge in [0.1, 0.15) is 23.7 Å². The van der Waals surface area contributed by atoms with E-state index in [0.717, 1.165) is 18.1 Å². The number of aromatic nitrogens is 2. The largest absolute Gasteiger partial charge is 0.489 e. The van der Waals surface area contributed by atoms with Crippen LogP contribution in [0.5, 0.6) is 0 Å². The van der Waals surface area contributed by atoms with Crippen molar-refractivity contribution in [1.82, 2.24) is 19.8 Å². The summed E-state index contributed by atoms with van der Waals surface area (Å²) in [5.41, 5.74) is 3.47. The number of hydrogen-bond acceptors (Lipinski definition) is 5. The summed E-state index contributed by atoms with van der Waals surface area (Å²) in [6, 6.07) is 3.53. The lowest BCUT2D eigenvalue weighted by molar-refractivity contribution is -0.0319. The van der Waals surface area contributed by atoms with Gasteiger partial charge in [0.15, 0.2) is 5.82 Å². The van der Waals surface area contributed by atoms with Crippen molar-refractivity contribution in [1.29, 1.82) is 0 Å². The molecule has 0 saturated carbocycles. The number of hydrogen-bond donors (Lipinski definition) is 1. The fraction of sp³-hybridized carbons (Fsp3) is 0.300. The van der Waals surface area contributed by atoms with E-state index in [1.807, 2.05) is 37.5 Å². The molecule has 1 saturated heterocycles. The van der Waals surface area contributed by atoms with Gasteiger partial charge in [0.2, 0.25) is 5.96 Å². The van der Waals surface area contributed by atoms with Crippen molar-refractivity contribution in [2.75, 3.05) is 26.4 Å². The molecule has 0 aliphatic carbocycles. The quantitative estimate of drug-likeness (QED) is 0.284. The first kappa shape index (κ1) is 27.8. The van der Waals surface area contributed by atoms with Crippen LogP contribution in [0.1, 0.15) is 31.3 Å². The Bertz CT molecular complexity index is 1430. The number of imidazole rings is 1. The van der Waals surface area contributed by atoms with Gasteiger partial charge in [0.05, 0.1) is 36.2 Å². The lowest BCUT2D eigenvalue weighted by atomic mass is 10.1. The summed E-state index contributed by atoms with van der Waals surface area (Å²) in [4.78, 5) is 15.6. The van der Waals surface area contributed by atoms with Crippen LogP contribution in [0.15, 0.2) is 96.1 Å². The number of rotatable bonds is 8. The van der Waals surface area contributed by atoms with E-state index in [0.29, 0.717) is 53.6 Å². The number of aryl methyl sites for hydroxylation is 1. The van der Waals surface area contributed by atoms with Crippen LogP contribution in [0.25, 0.3) is 11.0 Å². The number of nitrogens with zero attached hydrogens (tertiary/aromatic N) is 5. The zero-order chi connectivity index (χ0) is 28.1. The summed E-state index contributed by atoms with van der Waals surface area (Å²) < 4.78 is 28.7. The summed E-state index contributed by atoms with van der Waals surface area (Å²) in [5, 5.41) is 3.17. The Morgan fingerprint density at radius 3 is 2.67 bits per heavy atom. The van der Waals surface area contributed by atoms with Gasteiger partial charge in [-0.1, -0.05) is 26.3 Å². The zero-order valence-electron chi connectivity index (χ0n) is 22.8. The fourth-order valence-corrected chi connectivity index (χ4v) is 4.85. The van der Waals surface area contributed by atoms with Crippen LogP contribution in [0.2, 0.25) is 0 Å². The second-order valence-corrected chi connectivity index (χ2v) is 9.40. The summed E-state index contributed by atoms with van der Waals surface area (Å²) in [5.74, 6) is 1.19.